The molecule has 1 aromatic heterocycles. The molecule has 7 rings (SSSR count). The standard InChI is InChI=1S/C31H27F4N5O2/c1-38-18-36-37-28(38)11-30(16-42-17-30)22-3-2-4-24(10-22)40-15-26-25(29(40)41)7-19(8-27(26)31(33,34)35)12-39-13-20-5-6-23(32)9-21(20)14-39/h2-10,18H,11-17H2,1H3. The molecule has 7 nitrogen and oxygen atoms in total. The first-order chi connectivity index (χ1) is 20.1. The zero-order valence-electron chi connectivity index (χ0n) is 22.8. The second-order valence-electron chi connectivity index (χ2n) is 11.5. The SMILES string of the molecule is Cn1cnnc1CC1(c2cccc(N3Cc4c(cc(CN5Cc6ccc(F)cc6C5)cc4C(F)(F)F)C3=O)c2)COC1. The molecule has 0 saturated carbocycles. The van der Waals surface area contributed by atoms with Crippen LogP contribution in [-0.2, 0) is 56.0 Å². The highest BCUT2D eigenvalue weighted by Gasteiger charge is 2.43. The van der Waals surface area contributed by atoms with Crippen molar-refractivity contribution >= 4 is 11.6 Å². The van der Waals surface area contributed by atoms with E-state index in [1.807, 2.05) is 34.7 Å². The topological polar surface area (TPSA) is 63.5 Å². The maximum absolute atomic E-state index is 14.3. The molecular weight excluding hydrogens is 550 g/mol. The Bertz CT molecular complexity index is 1710. The van der Waals surface area contributed by atoms with Gasteiger partial charge in [-0.2, -0.15) is 13.2 Å². The van der Waals surface area contributed by atoms with Crippen LogP contribution in [-0.4, -0.2) is 38.8 Å². The first-order valence-electron chi connectivity index (χ1n) is 13.7. The number of aryl methyl sites for hydroxylation is 1. The lowest BCUT2D eigenvalue weighted by Crippen LogP contribution is -2.49. The number of alkyl halides is 3. The Morgan fingerprint density at radius 1 is 1.00 bits per heavy atom. The summed E-state index contributed by atoms with van der Waals surface area (Å²) in [4.78, 5) is 17.0. The normalized spacial score (nSPS) is 17.8. The number of rotatable bonds is 6. The Hall–Kier alpha value is -4.09. The Morgan fingerprint density at radius 3 is 2.52 bits per heavy atom. The first kappa shape index (κ1) is 26.8. The Balaban J connectivity index is 1.18. The molecule has 3 aromatic carbocycles. The molecule has 4 heterocycles. The van der Waals surface area contributed by atoms with E-state index in [4.69, 9.17) is 4.74 Å². The second-order valence-corrected chi connectivity index (χ2v) is 11.5. The van der Waals surface area contributed by atoms with Crippen molar-refractivity contribution in [1.29, 1.82) is 0 Å². The van der Waals surface area contributed by atoms with Gasteiger partial charge in [-0.1, -0.05) is 18.2 Å². The van der Waals surface area contributed by atoms with Crippen molar-refractivity contribution in [2.75, 3.05) is 18.1 Å². The average molecular weight is 578 g/mol. The monoisotopic (exact) mass is 577 g/mol. The van der Waals surface area contributed by atoms with E-state index in [-0.39, 0.29) is 35.4 Å². The van der Waals surface area contributed by atoms with E-state index in [1.54, 1.807) is 24.5 Å². The number of anilines is 1. The molecule has 0 N–H and O–H groups in total. The molecule has 0 bridgehead atoms. The van der Waals surface area contributed by atoms with Gasteiger partial charge in [0.25, 0.3) is 5.91 Å². The maximum Gasteiger partial charge on any atom is 0.416 e. The van der Waals surface area contributed by atoms with Crippen molar-refractivity contribution in [3.63, 3.8) is 0 Å². The molecule has 216 valence electrons. The van der Waals surface area contributed by atoms with Crippen molar-refractivity contribution in [3.8, 4) is 0 Å². The summed E-state index contributed by atoms with van der Waals surface area (Å²) in [6, 6.07) is 14.7. The van der Waals surface area contributed by atoms with Crippen LogP contribution in [0.5, 0.6) is 0 Å². The average Bonchev–Trinajstić information content (AvgIpc) is 3.61. The summed E-state index contributed by atoms with van der Waals surface area (Å²) in [6.07, 6.45) is -2.41. The van der Waals surface area contributed by atoms with Gasteiger partial charge in [0.05, 0.1) is 25.3 Å². The van der Waals surface area contributed by atoms with Gasteiger partial charge >= 0.3 is 6.18 Å². The smallest absolute Gasteiger partial charge is 0.379 e. The lowest BCUT2D eigenvalue weighted by molar-refractivity contribution is -0.138. The van der Waals surface area contributed by atoms with E-state index in [9.17, 15) is 22.4 Å². The van der Waals surface area contributed by atoms with Crippen LogP contribution in [0.25, 0.3) is 0 Å². The largest absolute Gasteiger partial charge is 0.416 e. The van der Waals surface area contributed by atoms with Crippen LogP contribution in [0.4, 0.5) is 23.2 Å². The number of nitrogens with zero attached hydrogens (tertiary/aromatic N) is 5. The molecular formula is C31H27F4N5O2. The van der Waals surface area contributed by atoms with Crippen LogP contribution in [0.3, 0.4) is 0 Å². The minimum absolute atomic E-state index is 0.0193. The highest BCUT2D eigenvalue weighted by Crippen LogP contribution is 2.42. The van der Waals surface area contributed by atoms with E-state index in [0.29, 0.717) is 44.0 Å². The summed E-state index contributed by atoms with van der Waals surface area (Å²) < 4.78 is 64.1. The molecule has 0 aliphatic carbocycles. The summed E-state index contributed by atoms with van der Waals surface area (Å²) in [5, 5.41) is 8.17. The first-order valence-corrected chi connectivity index (χ1v) is 13.7. The molecule has 11 heteroatoms. The zero-order chi connectivity index (χ0) is 29.2. The molecule has 4 aromatic rings. The van der Waals surface area contributed by atoms with Crippen LogP contribution in [0.15, 0.2) is 60.9 Å². The van der Waals surface area contributed by atoms with E-state index in [1.165, 1.54) is 17.0 Å². The van der Waals surface area contributed by atoms with E-state index >= 15 is 0 Å². The molecule has 42 heavy (non-hydrogen) atoms. The summed E-state index contributed by atoms with van der Waals surface area (Å²) in [7, 11) is 1.87. The minimum atomic E-state index is -4.63. The number of carbonyl (C=O) groups is 1. The summed E-state index contributed by atoms with van der Waals surface area (Å²) in [6.45, 7) is 1.89. The summed E-state index contributed by atoms with van der Waals surface area (Å²) in [5.41, 5.74) is 2.51. The van der Waals surface area contributed by atoms with Crippen molar-refractivity contribution in [2.45, 2.75) is 44.2 Å². The lowest BCUT2D eigenvalue weighted by Gasteiger charge is -2.42. The fourth-order valence-electron chi connectivity index (χ4n) is 6.32. The number of amides is 1. The molecule has 3 aliphatic rings. The van der Waals surface area contributed by atoms with E-state index in [2.05, 4.69) is 10.2 Å². The van der Waals surface area contributed by atoms with Crippen LogP contribution in [0.2, 0.25) is 0 Å². The molecule has 1 fully saturated rings. The van der Waals surface area contributed by atoms with E-state index in [0.717, 1.165) is 28.6 Å². The highest BCUT2D eigenvalue weighted by atomic mass is 19.4. The number of hydrogen-bond donors (Lipinski definition) is 0. The van der Waals surface area contributed by atoms with Crippen LogP contribution in [0, 0.1) is 5.82 Å². The molecule has 3 aliphatic heterocycles. The molecule has 0 radical (unpaired) electrons. The van der Waals surface area contributed by atoms with Gasteiger partial charge in [0.2, 0.25) is 0 Å². The van der Waals surface area contributed by atoms with Gasteiger partial charge < -0.3 is 14.2 Å². The number of aromatic nitrogens is 3. The fourth-order valence-corrected chi connectivity index (χ4v) is 6.32. The molecule has 0 unspecified atom stereocenters. The number of carbonyl (C=O) groups excluding carboxylic acids is 1. The number of benzene rings is 3. The van der Waals surface area contributed by atoms with Crippen LogP contribution in [0.1, 0.15) is 49.6 Å². The van der Waals surface area contributed by atoms with Gasteiger partial charge in [0.1, 0.15) is 18.0 Å². The third-order valence-electron chi connectivity index (χ3n) is 8.60. The summed E-state index contributed by atoms with van der Waals surface area (Å²) >= 11 is 0. The van der Waals surface area contributed by atoms with Crippen LogP contribution >= 0.6 is 0 Å². The summed E-state index contributed by atoms with van der Waals surface area (Å²) in [5.74, 6) is -0.0120. The predicted octanol–water partition coefficient (Wildman–Crippen LogP) is 5.16. The van der Waals surface area contributed by atoms with Gasteiger partial charge in [-0.05, 0) is 64.2 Å². The van der Waals surface area contributed by atoms with Gasteiger partial charge in [0, 0.05) is 49.8 Å². The highest BCUT2D eigenvalue weighted by molar-refractivity contribution is 6.10. The van der Waals surface area contributed by atoms with Crippen LogP contribution < -0.4 is 4.90 Å². The van der Waals surface area contributed by atoms with Gasteiger partial charge in [0.15, 0.2) is 0 Å². The quantitative estimate of drug-likeness (QED) is 0.297. The molecule has 1 amide bonds. The number of halogens is 4. The number of hydrogen-bond acceptors (Lipinski definition) is 5. The zero-order valence-corrected chi connectivity index (χ0v) is 22.8. The maximum atomic E-state index is 14.3. The van der Waals surface area contributed by atoms with Gasteiger partial charge in [-0.25, -0.2) is 4.39 Å². The number of fused-ring (bicyclic) bond motifs is 2. The fraction of sp³-hybridized carbons (Fsp3) is 0.323. The third-order valence-corrected chi connectivity index (χ3v) is 8.60. The van der Waals surface area contributed by atoms with Gasteiger partial charge in [-0.3, -0.25) is 9.69 Å². The second kappa shape index (κ2) is 9.74. The Kier molecular flexibility index (Phi) is 6.21. The molecule has 1 saturated heterocycles. The van der Waals surface area contributed by atoms with Crippen molar-refractivity contribution in [2.24, 2.45) is 7.05 Å². The predicted molar refractivity (Wildman–Crippen MR) is 145 cm³/mol. The minimum Gasteiger partial charge on any atom is -0.379 e. The van der Waals surface area contributed by atoms with Crippen molar-refractivity contribution in [3.05, 3.63) is 112 Å². The molecule has 0 atom stereocenters. The Morgan fingerprint density at radius 2 is 1.81 bits per heavy atom. The lowest BCUT2D eigenvalue weighted by atomic mass is 9.75. The van der Waals surface area contributed by atoms with Crippen molar-refractivity contribution in [1.82, 2.24) is 19.7 Å². The number of ether oxygens (including phenoxy) is 1. The van der Waals surface area contributed by atoms with Gasteiger partial charge in [-0.15, -0.1) is 10.2 Å². The molecule has 0 spiro atoms. The Labute approximate surface area is 239 Å². The van der Waals surface area contributed by atoms with E-state index < -0.39 is 17.6 Å². The third kappa shape index (κ3) is 4.57. The van der Waals surface area contributed by atoms with Crippen molar-refractivity contribution < 1.29 is 27.1 Å².